The van der Waals surface area contributed by atoms with E-state index in [1.165, 1.54) is 6.42 Å². The summed E-state index contributed by atoms with van der Waals surface area (Å²) in [6.45, 7) is 8.84. The van der Waals surface area contributed by atoms with E-state index >= 15 is 0 Å². The van der Waals surface area contributed by atoms with Crippen LogP contribution >= 0.6 is 0 Å². The Kier molecular flexibility index (Phi) is 2.72. The van der Waals surface area contributed by atoms with Crippen molar-refractivity contribution < 1.29 is 4.74 Å². The maximum atomic E-state index is 5.37. The van der Waals surface area contributed by atoms with Crippen LogP contribution in [0.2, 0.25) is 0 Å². The lowest BCUT2D eigenvalue weighted by atomic mass is 9.89. The Balaban J connectivity index is 2.26. The lowest BCUT2D eigenvalue weighted by molar-refractivity contribution is 0.178. The normalized spacial score (nSPS) is 33.6. The van der Waals surface area contributed by atoms with Crippen LogP contribution < -0.4 is 0 Å². The molecular weight excluding hydrogens is 124 g/mol. The van der Waals surface area contributed by atoms with Gasteiger partial charge in [0.15, 0.2) is 0 Å². The van der Waals surface area contributed by atoms with Crippen molar-refractivity contribution in [2.24, 2.45) is 17.8 Å². The second kappa shape index (κ2) is 3.38. The summed E-state index contributed by atoms with van der Waals surface area (Å²) < 4.78 is 5.37. The summed E-state index contributed by atoms with van der Waals surface area (Å²) in [4.78, 5) is 0. The predicted molar refractivity (Wildman–Crippen MR) is 42.9 cm³/mol. The highest BCUT2D eigenvalue weighted by atomic mass is 16.5. The summed E-state index contributed by atoms with van der Waals surface area (Å²) in [7, 11) is 0. The van der Waals surface area contributed by atoms with E-state index in [1.807, 2.05) is 0 Å². The monoisotopic (exact) mass is 142 g/mol. The highest BCUT2D eigenvalue weighted by molar-refractivity contribution is 4.72. The van der Waals surface area contributed by atoms with E-state index in [-0.39, 0.29) is 0 Å². The second-order valence-corrected chi connectivity index (χ2v) is 3.90. The van der Waals surface area contributed by atoms with Crippen LogP contribution in [0.15, 0.2) is 0 Å². The minimum Gasteiger partial charge on any atom is -0.381 e. The molecule has 1 aliphatic heterocycles. The third-order valence-electron chi connectivity index (χ3n) is 2.29. The molecule has 1 rings (SSSR count). The van der Waals surface area contributed by atoms with Gasteiger partial charge in [0.05, 0.1) is 0 Å². The maximum absolute atomic E-state index is 5.37. The fraction of sp³-hybridized carbons (Fsp3) is 1.00. The quantitative estimate of drug-likeness (QED) is 0.575. The zero-order valence-electron chi connectivity index (χ0n) is 7.26. The molecule has 0 aromatic heterocycles. The van der Waals surface area contributed by atoms with Gasteiger partial charge in [0.1, 0.15) is 0 Å². The van der Waals surface area contributed by atoms with Crippen LogP contribution in [0.1, 0.15) is 27.2 Å². The van der Waals surface area contributed by atoms with Crippen LogP contribution in [0.5, 0.6) is 0 Å². The molecule has 0 amide bonds. The summed E-state index contributed by atoms with van der Waals surface area (Å²) in [6.07, 6.45) is 1.33. The van der Waals surface area contributed by atoms with Gasteiger partial charge in [0.25, 0.3) is 0 Å². The Morgan fingerprint density at radius 1 is 1.40 bits per heavy atom. The van der Waals surface area contributed by atoms with E-state index in [4.69, 9.17) is 4.74 Å². The van der Waals surface area contributed by atoms with Gasteiger partial charge in [0.2, 0.25) is 0 Å². The number of hydrogen-bond acceptors (Lipinski definition) is 1. The molecule has 0 spiro atoms. The van der Waals surface area contributed by atoms with Gasteiger partial charge in [-0.1, -0.05) is 20.8 Å². The van der Waals surface area contributed by atoms with E-state index in [1.54, 1.807) is 0 Å². The van der Waals surface area contributed by atoms with Crippen LogP contribution in [-0.2, 0) is 4.74 Å². The Labute approximate surface area is 63.8 Å². The topological polar surface area (TPSA) is 9.23 Å². The molecule has 2 atom stereocenters. The molecule has 1 heteroatoms. The van der Waals surface area contributed by atoms with Gasteiger partial charge < -0.3 is 4.74 Å². The lowest BCUT2D eigenvalue weighted by Gasteiger charge is -2.14. The minimum absolute atomic E-state index is 0.794. The summed E-state index contributed by atoms with van der Waals surface area (Å²) in [6, 6.07) is 0. The van der Waals surface area contributed by atoms with Crippen molar-refractivity contribution in [3.8, 4) is 0 Å². The molecule has 60 valence electrons. The first kappa shape index (κ1) is 8.06. The smallest absolute Gasteiger partial charge is 0.0497 e. The zero-order valence-corrected chi connectivity index (χ0v) is 7.26. The molecule has 1 aliphatic rings. The number of rotatable bonds is 2. The van der Waals surface area contributed by atoms with Crippen molar-refractivity contribution in [3.63, 3.8) is 0 Å². The van der Waals surface area contributed by atoms with Gasteiger partial charge in [-0.3, -0.25) is 0 Å². The highest BCUT2D eigenvalue weighted by Crippen LogP contribution is 2.25. The second-order valence-electron chi connectivity index (χ2n) is 3.90. The summed E-state index contributed by atoms with van der Waals surface area (Å²) >= 11 is 0. The molecule has 0 aromatic rings. The molecule has 0 aromatic carbocycles. The summed E-state index contributed by atoms with van der Waals surface area (Å²) in [5, 5.41) is 0. The van der Waals surface area contributed by atoms with E-state index in [0.29, 0.717) is 0 Å². The molecule has 0 aliphatic carbocycles. The third kappa shape index (κ3) is 1.98. The van der Waals surface area contributed by atoms with Crippen LogP contribution in [-0.4, -0.2) is 13.2 Å². The fourth-order valence-corrected chi connectivity index (χ4v) is 1.61. The largest absolute Gasteiger partial charge is 0.381 e. The van der Waals surface area contributed by atoms with Gasteiger partial charge in [-0.25, -0.2) is 0 Å². The van der Waals surface area contributed by atoms with Gasteiger partial charge in [0, 0.05) is 13.2 Å². The van der Waals surface area contributed by atoms with Crippen molar-refractivity contribution in [2.45, 2.75) is 27.2 Å². The molecule has 1 saturated heterocycles. The van der Waals surface area contributed by atoms with E-state index in [2.05, 4.69) is 20.8 Å². The van der Waals surface area contributed by atoms with Gasteiger partial charge >= 0.3 is 0 Å². The standard InChI is InChI=1S/C9H18O/c1-7(2)4-9-6-10-5-8(9)3/h7-9H,4-6H2,1-3H3. The van der Waals surface area contributed by atoms with E-state index in [9.17, 15) is 0 Å². The van der Waals surface area contributed by atoms with Gasteiger partial charge in [-0.2, -0.15) is 0 Å². The first-order valence-corrected chi connectivity index (χ1v) is 4.28. The first-order valence-electron chi connectivity index (χ1n) is 4.28. The minimum atomic E-state index is 0.794. The van der Waals surface area contributed by atoms with Crippen molar-refractivity contribution in [1.29, 1.82) is 0 Å². The molecule has 1 nitrogen and oxygen atoms in total. The average molecular weight is 142 g/mol. The number of hydrogen-bond donors (Lipinski definition) is 0. The Hall–Kier alpha value is -0.0400. The molecule has 10 heavy (non-hydrogen) atoms. The predicted octanol–water partition coefficient (Wildman–Crippen LogP) is 2.32. The third-order valence-corrected chi connectivity index (χ3v) is 2.29. The Morgan fingerprint density at radius 3 is 2.50 bits per heavy atom. The van der Waals surface area contributed by atoms with Crippen LogP contribution in [0, 0.1) is 17.8 Å². The fourth-order valence-electron chi connectivity index (χ4n) is 1.61. The van der Waals surface area contributed by atoms with Gasteiger partial charge in [-0.05, 0) is 24.2 Å². The maximum Gasteiger partial charge on any atom is 0.0497 e. The lowest BCUT2D eigenvalue weighted by Crippen LogP contribution is -2.11. The van der Waals surface area contributed by atoms with Crippen molar-refractivity contribution in [3.05, 3.63) is 0 Å². The zero-order chi connectivity index (χ0) is 7.56. The molecule has 0 saturated carbocycles. The highest BCUT2D eigenvalue weighted by Gasteiger charge is 2.24. The van der Waals surface area contributed by atoms with E-state index < -0.39 is 0 Å². The Morgan fingerprint density at radius 2 is 2.10 bits per heavy atom. The average Bonchev–Trinajstić information content (AvgIpc) is 2.15. The summed E-state index contributed by atoms with van der Waals surface area (Å²) in [5.41, 5.74) is 0. The first-order chi connectivity index (χ1) is 4.70. The number of ether oxygens (including phenoxy) is 1. The molecule has 0 bridgehead atoms. The molecule has 1 fully saturated rings. The van der Waals surface area contributed by atoms with Crippen molar-refractivity contribution in [1.82, 2.24) is 0 Å². The van der Waals surface area contributed by atoms with Crippen molar-refractivity contribution in [2.75, 3.05) is 13.2 Å². The molecular formula is C9H18O. The van der Waals surface area contributed by atoms with Crippen LogP contribution in [0.3, 0.4) is 0 Å². The van der Waals surface area contributed by atoms with Crippen LogP contribution in [0.4, 0.5) is 0 Å². The van der Waals surface area contributed by atoms with E-state index in [0.717, 1.165) is 31.0 Å². The van der Waals surface area contributed by atoms with Gasteiger partial charge in [-0.15, -0.1) is 0 Å². The molecule has 1 heterocycles. The van der Waals surface area contributed by atoms with Crippen LogP contribution in [0.25, 0.3) is 0 Å². The Bertz CT molecular complexity index is 98.9. The van der Waals surface area contributed by atoms with Crippen molar-refractivity contribution >= 4 is 0 Å². The molecule has 2 unspecified atom stereocenters. The molecule has 0 radical (unpaired) electrons. The summed E-state index contributed by atoms with van der Waals surface area (Å²) in [5.74, 6) is 2.46. The molecule has 0 N–H and O–H groups in total. The SMILES string of the molecule is CC(C)CC1COCC1C.